The molecule has 0 bridgehead atoms. The summed E-state index contributed by atoms with van der Waals surface area (Å²) >= 11 is 5.07. The van der Waals surface area contributed by atoms with E-state index in [0.29, 0.717) is 11.2 Å². The normalized spacial score (nSPS) is 11.8. The zero-order valence-electron chi connectivity index (χ0n) is 10.3. The van der Waals surface area contributed by atoms with Gasteiger partial charge in [-0.15, -0.1) is 0 Å². The Morgan fingerprint density at radius 2 is 2.05 bits per heavy atom. The predicted octanol–water partition coefficient (Wildman–Crippen LogP) is 3.78. The highest BCUT2D eigenvalue weighted by molar-refractivity contribution is 7.71. The van der Waals surface area contributed by atoms with E-state index in [2.05, 4.69) is 25.3 Å². The highest BCUT2D eigenvalue weighted by Gasteiger charge is 2.30. The molecule has 0 saturated carbocycles. The second-order valence-corrected chi connectivity index (χ2v) is 4.61. The number of hydrogen-bond donors (Lipinski definition) is 3. The van der Waals surface area contributed by atoms with E-state index in [1.54, 1.807) is 0 Å². The summed E-state index contributed by atoms with van der Waals surface area (Å²) in [5.41, 5.74) is 0.550. The molecule has 108 valence electrons. The SMILES string of the molecule is FC(F)(F)c1cccc(Nc2nc(=S)c3[nH]cnc3[nH]2)c1. The first-order valence-electron chi connectivity index (χ1n) is 5.81. The number of rotatable bonds is 2. The molecule has 0 aliphatic rings. The van der Waals surface area contributed by atoms with Crippen molar-refractivity contribution in [2.24, 2.45) is 0 Å². The first-order valence-corrected chi connectivity index (χ1v) is 6.22. The summed E-state index contributed by atoms with van der Waals surface area (Å²) in [5, 5.41) is 2.75. The highest BCUT2D eigenvalue weighted by atomic mass is 32.1. The van der Waals surface area contributed by atoms with Crippen LogP contribution >= 0.6 is 12.2 Å². The van der Waals surface area contributed by atoms with Gasteiger partial charge in [0.1, 0.15) is 5.52 Å². The van der Waals surface area contributed by atoms with Crippen molar-refractivity contribution in [3.05, 3.63) is 40.8 Å². The fourth-order valence-electron chi connectivity index (χ4n) is 1.82. The Morgan fingerprint density at radius 1 is 1.24 bits per heavy atom. The summed E-state index contributed by atoms with van der Waals surface area (Å²) in [7, 11) is 0. The fraction of sp³-hybridized carbons (Fsp3) is 0.0833. The van der Waals surface area contributed by atoms with Crippen LogP contribution in [0.5, 0.6) is 0 Å². The number of benzene rings is 1. The van der Waals surface area contributed by atoms with Crippen LogP contribution in [0.3, 0.4) is 0 Å². The number of halogens is 3. The lowest BCUT2D eigenvalue weighted by Gasteiger charge is -2.10. The van der Waals surface area contributed by atoms with Crippen LogP contribution in [0, 0.1) is 4.64 Å². The number of anilines is 2. The fourth-order valence-corrected chi connectivity index (χ4v) is 2.07. The van der Waals surface area contributed by atoms with Crippen molar-refractivity contribution in [1.82, 2.24) is 19.9 Å². The van der Waals surface area contributed by atoms with Gasteiger partial charge in [0.2, 0.25) is 5.95 Å². The molecule has 2 aromatic heterocycles. The summed E-state index contributed by atoms with van der Waals surface area (Å²) in [6.07, 6.45) is -2.95. The summed E-state index contributed by atoms with van der Waals surface area (Å²) in [5.74, 6) is 0.221. The number of H-pyrrole nitrogens is 2. The molecular weight excluding hydrogens is 303 g/mol. The van der Waals surface area contributed by atoms with Crippen LogP contribution in [0.1, 0.15) is 5.56 Å². The second-order valence-electron chi connectivity index (χ2n) is 4.22. The lowest BCUT2D eigenvalue weighted by molar-refractivity contribution is -0.137. The minimum atomic E-state index is -4.40. The third kappa shape index (κ3) is 2.72. The summed E-state index contributed by atoms with van der Waals surface area (Å²) in [6, 6.07) is 4.81. The molecule has 0 unspecified atom stereocenters. The van der Waals surface area contributed by atoms with Crippen LogP contribution in [0.15, 0.2) is 30.6 Å². The minimum absolute atomic E-state index is 0.221. The van der Waals surface area contributed by atoms with Gasteiger partial charge in [-0.3, -0.25) is 0 Å². The van der Waals surface area contributed by atoms with Gasteiger partial charge in [0.25, 0.3) is 0 Å². The molecule has 0 spiro atoms. The van der Waals surface area contributed by atoms with Gasteiger partial charge < -0.3 is 15.3 Å². The monoisotopic (exact) mass is 311 g/mol. The van der Waals surface area contributed by atoms with Gasteiger partial charge in [0.05, 0.1) is 11.9 Å². The van der Waals surface area contributed by atoms with Gasteiger partial charge in [-0.2, -0.15) is 13.2 Å². The minimum Gasteiger partial charge on any atom is -0.341 e. The Hall–Kier alpha value is -2.42. The van der Waals surface area contributed by atoms with E-state index < -0.39 is 11.7 Å². The van der Waals surface area contributed by atoms with Crippen molar-refractivity contribution < 1.29 is 13.2 Å². The molecule has 0 atom stereocenters. The maximum atomic E-state index is 12.7. The molecule has 9 heteroatoms. The van der Waals surface area contributed by atoms with Gasteiger partial charge in [0.15, 0.2) is 10.3 Å². The molecule has 21 heavy (non-hydrogen) atoms. The predicted molar refractivity (Wildman–Crippen MR) is 73.8 cm³/mol. The summed E-state index contributed by atoms with van der Waals surface area (Å²) in [6.45, 7) is 0. The first-order chi connectivity index (χ1) is 9.93. The Bertz CT molecular complexity index is 852. The number of imidazole rings is 1. The van der Waals surface area contributed by atoms with E-state index in [-0.39, 0.29) is 16.3 Å². The van der Waals surface area contributed by atoms with Crippen LogP contribution in [-0.4, -0.2) is 19.9 Å². The van der Waals surface area contributed by atoms with Crippen molar-refractivity contribution in [2.45, 2.75) is 6.18 Å². The molecule has 0 aliphatic heterocycles. The lowest BCUT2D eigenvalue weighted by Crippen LogP contribution is -2.05. The van der Waals surface area contributed by atoms with Crippen molar-refractivity contribution in [3.8, 4) is 0 Å². The van der Waals surface area contributed by atoms with Gasteiger partial charge >= 0.3 is 6.18 Å². The van der Waals surface area contributed by atoms with Crippen LogP contribution in [-0.2, 0) is 6.18 Å². The number of nitrogens with one attached hydrogen (secondary N) is 3. The number of alkyl halides is 3. The molecule has 3 rings (SSSR count). The van der Waals surface area contributed by atoms with Crippen LogP contribution in [0.2, 0.25) is 0 Å². The van der Waals surface area contributed by atoms with Crippen LogP contribution in [0.25, 0.3) is 11.2 Å². The first kappa shape index (κ1) is 13.6. The zero-order chi connectivity index (χ0) is 15.0. The molecule has 0 aliphatic carbocycles. The van der Waals surface area contributed by atoms with Crippen molar-refractivity contribution in [1.29, 1.82) is 0 Å². The van der Waals surface area contributed by atoms with Crippen molar-refractivity contribution in [2.75, 3.05) is 5.32 Å². The van der Waals surface area contributed by atoms with Crippen molar-refractivity contribution in [3.63, 3.8) is 0 Å². The summed E-state index contributed by atoms with van der Waals surface area (Å²) < 4.78 is 38.2. The summed E-state index contributed by atoms with van der Waals surface area (Å²) in [4.78, 5) is 13.7. The Balaban J connectivity index is 1.97. The molecule has 3 N–H and O–H groups in total. The molecule has 3 aromatic rings. The molecular formula is C12H8F3N5S. The van der Waals surface area contributed by atoms with Gasteiger partial charge in [-0.1, -0.05) is 18.3 Å². The van der Waals surface area contributed by atoms with E-state index in [9.17, 15) is 13.2 Å². The van der Waals surface area contributed by atoms with Crippen molar-refractivity contribution >= 4 is 35.0 Å². The van der Waals surface area contributed by atoms with Crippen LogP contribution in [0.4, 0.5) is 24.8 Å². The molecule has 0 saturated heterocycles. The molecule has 5 nitrogen and oxygen atoms in total. The van der Waals surface area contributed by atoms with E-state index in [4.69, 9.17) is 12.2 Å². The Morgan fingerprint density at radius 3 is 2.81 bits per heavy atom. The van der Waals surface area contributed by atoms with E-state index in [1.807, 2.05) is 0 Å². The maximum absolute atomic E-state index is 12.7. The van der Waals surface area contributed by atoms with Gasteiger partial charge in [0, 0.05) is 5.69 Å². The third-order valence-corrected chi connectivity index (χ3v) is 3.05. The maximum Gasteiger partial charge on any atom is 0.416 e. The molecule has 0 amide bonds. The van der Waals surface area contributed by atoms with Gasteiger partial charge in [-0.05, 0) is 18.2 Å². The van der Waals surface area contributed by atoms with Crippen LogP contribution < -0.4 is 5.32 Å². The third-order valence-electron chi connectivity index (χ3n) is 2.76. The molecule has 2 heterocycles. The molecule has 1 aromatic carbocycles. The van der Waals surface area contributed by atoms with E-state index >= 15 is 0 Å². The van der Waals surface area contributed by atoms with Gasteiger partial charge in [-0.25, -0.2) is 9.97 Å². The number of fused-ring (bicyclic) bond motifs is 1. The number of aromatic amines is 2. The van der Waals surface area contributed by atoms with E-state index in [1.165, 1.54) is 18.5 Å². The second kappa shape index (κ2) is 4.85. The zero-order valence-corrected chi connectivity index (χ0v) is 11.1. The lowest BCUT2D eigenvalue weighted by atomic mass is 10.2. The average molecular weight is 311 g/mol. The number of nitrogens with zero attached hydrogens (tertiary/aromatic N) is 2. The highest BCUT2D eigenvalue weighted by Crippen LogP contribution is 2.31. The Labute approximate surface area is 121 Å². The number of aromatic nitrogens is 4. The smallest absolute Gasteiger partial charge is 0.341 e. The molecule has 0 fully saturated rings. The average Bonchev–Trinajstić information content (AvgIpc) is 2.87. The standard InChI is InChI=1S/C12H8F3N5S/c13-12(14,15)6-2-1-3-7(4-6)18-11-19-9-8(10(21)20-11)16-5-17-9/h1-5H,(H3,16,17,18,19,20,21). The quantitative estimate of drug-likeness (QED) is 0.630. The largest absolute Gasteiger partial charge is 0.416 e. The molecule has 0 radical (unpaired) electrons. The Kier molecular flexibility index (Phi) is 3.13. The van der Waals surface area contributed by atoms with E-state index in [0.717, 1.165) is 12.1 Å². The number of hydrogen-bond acceptors (Lipinski definition) is 4. The topological polar surface area (TPSA) is 69.4 Å².